The van der Waals surface area contributed by atoms with Gasteiger partial charge in [0.15, 0.2) is 0 Å². The van der Waals surface area contributed by atoms with Crippen LogP contribution in [-0.2, 0) is 0 Å². The van der Waals surface area contributed by atoms with Crippen molar-refractivity contribution >= 4 is 0 Å². The van der Waals surface area contributed by atoms with Gasteiger partial charge >= 0.3 is 0 Å². The maximum absolute atomic E-state index is 5.50. The van der Waals surface area contributed by atoms with Crippen LogP contribution in [0.2, 0.25) is 0 Å². The Morgan fingerprint density at radius 3 is 2.80 bits per heavy atom. The molecule has 2 unspecified atom stereocenters. The fourth-order valence-corrected chi connectivity index (χ4v) is 2.47. The summed E-state index contributed by atoms with van der Waals surface area (Å²) in [4.78, 5) is 2.56. The molecule has 1 aliphatic heterocycles. The van der Waals surface area contributed by atoms with Crippen molar-refractivity contribution in [2.24, 2.45) is 11.7 Å². The van der Waals surface area contributed by atoms with E-state index in [-0.39, 0.29) is 0 Å². The molecule has 2 fully saturated rings. The van der Waals surface area contributed by atoms with Gasteiger partial charge in [-0.3, -0.25) is 4.90 Å². The first kappa shape index (κ1) is 6.62. The van der Waals surface area contributed by atoms with E-state index in [0.29, 0.717) is 0 Å². The Hall–Kier alpha value is -0.0800. The monoisotopic (exact) mass is 140 g/mol. The number of nitrogens with zero attached hydrogens (tertiary/aromatic N) is 1. The van der Waals surface area contributed by atoms with Gasteiger partial charge in [0.1, 0.15) is 0 Å². The van der Waals surface area contributed by atoms with E-state index in [0.717, 1.165) is 25.0 Å². The number of hydrogen-bond donors (Lipinski definition) is 1. The van der Waals surface area contributed by atoms with Gasteiger partial charge in [0.2, 0.25) is 0 Å². The zero-order valence-electron chi connectivity index (χ0n) is 6.42. The minimum Gasteiger partial charge on any atom is -0.329 e. The molecule has 0 aromatic heterocycles. The molecule has 58 valence electrons. The van der Waals surface area contributed by atoms with E-state index in [1.54, 1.807) is 0 Å². The Morgan fingerprint density at radius 2 is 2.30 bits per heavy atom. The SMILES string of the molecule is NCCN1CC2CCC1C2. The molecule has 0 amide bonds. The van der Waals surface area contributed by atoms with Crippen molar-refractivity contribution in [3.63, 3.8) is 0 Å². The predicted octanol–water partition coefficient (Wildman–Crippen LogP) is 0.429. The normalized spacial score (nSPS) is 39.3. The lowest BCUT2D eigenvalue weighted by Crippen LogP contribution is -2.35. The van der Waals surface area contributed by atoms with Crippen molar-refractivity contribution in [2.45, 2.75) is 25.3 Å². The number of rotatable bonds is 2. The lowest BCUT2D eigenvalue weighted by Gasteiger charge is -2.25. The van der Waals surface area contributed by atoms with E-state index in [1.165, 1.54) is 25.8 Å². The summed E-state index contributed by atoms with van der Waals surface area (Å²) in [7, 11) is 0. The number of nitrogens with two attached hydrogens (primary N) is 1. The third-order valence-corrected chi connectivity index (χ3v) is 2.94. The van der Waals surface area contributed by atoms with Gasteiger partial charge < -0.3 is 5.73 Å². The Kier molecular flexibility index (Phi) is 1.66. The van der Waals surface area contributed by atoms with Crippen LogP contribution in [-0.4, -0.2) is 30.6 Å². The second-order valence-corrected chi connectivity index (χ2v) is 3.62. The van der Waals surface area contributed by atoms with E-state index in [9.17, 15) is 0 Å². The van der Waals surface area contributed by atoms with Crippen molar-refractivity contribution < 1.29 is 0 Å². The summed E-state index contributed by atoms with van der Waals surface area (Å²) >= 11 is 0. The molecule has 0 aromatic carbocycles. The first-order valence-electron chi connectivity index (χ1n) is 4.34. The van der Waals surface area contributed by atoms with Crippen molar-refractivity contribution in [3.8, 4) is 0 Å². The average Bonchev–Trinajstić information content (AvgIpc) is 2.48. The Morgan fingerprint density at radius 1 is 1.40 bits per heavy atom. The fourth-order valence-electron chi connectivity index (χ4n) is 2.47. The molecule has 2 bridgehead atoms. The molecule has 2 aliphatic rings. The highest BCUT2D eigenvalue weighted by Gasteiger charge is 2.36. The molecule has 1 saturated carbocycles. The first-order chi connectivity index (χ1) is 4.90. The highest BCUT2D eigenvalue weighted by Crippen LogP contribution is 2.36. The van der Waals surface area contributed by atoms with Gasteiger partial charge in [0.05, 0.1) is 0 Å². The quantitative estimate of drug-likeness (QED) is 0.602. The molecule has 2 rings (SSSR count). The van der Waals surface area contributed by atoms with Crippen molar-refractivity contribution in [3.05, 3.63) is 0 Å². The van der Waals surface area contributed by atoms with Crippen molar-refractivity contribution in [2.75, 3.05) is 19.6 Å². The first-order valence-corrected chi connectivity index (χ1v) is 4.34. The molecule has 0 spiro atoms. The van der Waals surface area contributed by atoms with Crippen LogP contribution in [0, 0.1) is 5.92 Å². The number of likely N-dealkylation sites (tertiary alicyclic amines) is 1. The minimum absolute atomic E-state index is 0.837. The topological polar surface area (TPSA) is 29.3 Å². The van der Waals surface area contributed by atoms with Crippen LogP contribution >= 0.6 is 0 Å². The van der Waals surface area contributed by atoms with Gasteiger partial charge in [-0.1, -0.05) is 0 Å². The molecule has 2 atom stereocenters. The van der Waals surface area contributed by atoms with Crippen LogP contribution in [0.4, 0.5) is 0 Å². The van der Waals surface area contributed by atoms with E-state index in [4.69, 9.17) is 5.73 Å². The molecule has 0 aromatic rings. The van der Waals surface area contributed by atoms with Crippen LogP contribution in [0.25, 0.3) is 0 Å². The largest absolute Gasteiger partial charge is 0.329 e. The third kappa shape index (κ3) is 0.956. The lowest BCUT2D eigenvalue weighted by atomic mass is 10.1. The molecular formula is C8H16N2. The Bertz CT molecular complexity index is 124. The molecule has 0 radical (unpaired) electrons. The third-order valence-electron chi connectivity index (χ3n) is 2.94. The van der Waals surface area contributed by atoms with Crippen LogP contribution in [0.3, 0.4) is 0 Å². The van der Waals surface area contributed by atoms with E-state index < -0.39 is 0 Å². The highest BCUT2D eigenvalue weighted by atomic mass is 15.2. The predicted molar refractivity (Wildman–Crippen MR) is 41.8 cm³/mol. The maximum atomic E-state index is 5.50. The van der Waals surface area contributed by atoms with Gasteiger partial charge in [-0.15, -0.1) is 0 Å². The fraction of sp³-hybridized carbons (Fsp3) is 1.00. The molecule has 1 aliphatic carbocycles. The Balaban J connectivity index is 1.90. The molecule has 10 heavy (non-hydrogen) atoms. The minimum atomic E-state index is 0.837. The van der Waals surface area contributed by atoms with Crippen LogP contribution in [0.15, 0.2) is 0 Å². The van der Waals surface area contributed by atoms with Crippen LogP contribution < -0.4 is 5.73 Å². The zero-order chi connectivity index (χ0) is 6.97. The molecule has 2 heteroatoms. The summed E-state index contributed by atoms with van der Waals surface area (Å²) in [6, 6.07) is 0.911. The summed E-state index contributed by atoms with van der Waals surface area (Å²) < 4.78 is 0. The summed E-state index contributed by atoms with van der Waals surface area (Å²) in [6.45, 7) is 3.30. The van der Waals surface area contributed by atoms with E-state index in [2.05, 4.69) is 4.90 Å². The van der Waals surface area contributed by atoms with E-state index >= 15 is 0 Å². The van der Waals surface area contributed by atoms with E-state index in [1.807, 2.05) is 0 Å². The summed E-state index contributed by atoms with van der Waals surface area (Å²) in [5, 5.41) is 0. The lowest BCUT2D eigenvalue weighted by molar-refractivity contribution is 0.219. The van der Waals surface area contributed by atoms with Crippen molar-refractivity contribution in [1.82, 2.24) is 4.90 Å². The van der Waals surface area contributed by atoms with Gasteiger partial charge in [-0.05, 0) is 25.2 Å². The second kappa shape index (κ2) is 2.51. The summed E-state index contributed by atoms with van der Waals surface area (Å²) in [5.74, 6) is 1.02. The van der Waals surface area contributed by atoms with Crippen LogP contribution in [0.5, 0.6) is 0 Å². The van der Waals surface area contributed by atoms with Gasteiger partial charge in [0.25, 0.3) is 0 Å². The molecule has 2 nitrogen and oxygen atoms in total. The highest BCUT2D eigenvalue weighted by molar-refractivity contribution is 4.91. The average molecular weight is 140 g/mol. The Labute approximate surface area is 62.4 Å². The number of fused-ring (bicyclic) bond motifs is 2. The summed E-state index contributed by atoms with van der Waals surface area (Å²) in [5.41, 5.74) is 5.50. The molecular weight excluding hydrogens is 124 g/mol. The van der Waals surface area contributed by atoms with Gasteiger partial charge in [0, 0.05) is 25.7 Å². The van der Waals surface area contributed by atoms with Gasteiger partial charge in [-0.25, -0.2) is 0 Å². The van der Waals surface area contributed by atoms with Crippen LogP contribution in [0.1, 0.15) is 19.3 Å². The maximum Gasteiger partial charge on any atom is 0.0108 e. The molecule has 2 N–H and O–H groups in total. The number of hydrogen-bond acceptors (Lipinski definition) is 2. The second-order valence-electron chi connectivity index (χ2n) is 3.62. The summed E-state index contributed by atoms with van der Waals surface area (Å²) in [6.07, 6.45) is 4.37. The van der Waals surface area contributed by atoms with Crippen molar-refractivity contribution in [1.29, 1.82) is 0 Å². The van der Waals surface area contributed by atoms with Gasteiger partial charge in [-0.2, -0.15) is 0 Å². The smallest absolute Gasteiger partial charge is 0.0108 e. The molecule has 1 saturated heterocycles. The molecule has 1 heterocycles. The standard InChI is InChI=1S/C8H16N2/c9-3-4-10-6-7-1-2-8(10)5-7/h7-8H,1-6,9H2. The zero-order valence-corrected chi connectivity index (χ0v) is 6.42. The number of piperidine rings is 1.